The van der Waals surface area contributed by atoms with Gasteiger partial charge < -0.3 is 4.74 Å². The van der Waals surface area contributed by atoms with Gasteiger partial charge in [-0.2, -0.15) is 9.49 Å². The molecular formula is C11H10FN3O2. The number of ether oxygens (including phenoxy) is 1. The molecule has 6 heteroatoms. The maximum atomic E-state index is 12.9. The molecule has 2 aromatic rings. The summed E-state index contributed by atoms with van der Waals surface area (Å²) >= 11 is 0. The zero-order chi connectivity index (χ0) is 12.3. The van der Waals surface area contributed by atoms with E-state index in [0.29, 0.717) is 17.9 Å². The van der Waals surface area contributed by atoms with Crippen molar-refractivity contribution in [3.8, 4) is 5.69 Å². The quantitative estimate of drug-likeness (QED) is 0.598. The highest BCUT2D eigenvalue weighted by Crippen LogP contribution is 2.09. The third kappa shape index (κ3) is 2.47. The summed E-state index contributed by atoms with van der Waals surface area (Å²) in [7, 11) is 0. The van der Waals surface area contributed by atoms with Gasteiger partial charge in [-0.05, 0) is 13.0 Å². The van der Waals surface area contributed by atoms with Crippen LogP contribution in [0.5, 0.6) is 0 Å². The van der Waals surface area contributed by atoms with Crippen LogP contribution in [-0.2, 0) is 4.74 Å². The molecule has 2 heterocycles. The number of esters is 1. The van der Waals surface area contributed by atoms with Gasteiger partial charge in [0.2, 0.25) is 5.95 Å². The molecule has 0 amide bonds. The van der Waals surface area contributed by atoms with E-state index in [1.807, 2.05) is 0 Å². The minimum Gasteiger partial charge on any atom is -0.462 e. The fourth-order valence-electron chi connectivity index (χ4n) is 1.32. The Morgan fingerprint density at radius 1 is 1.59 bits per heavy atom. The first-order valence-corrected chi connectivity index (χ1v) is 5.04. The predicted molar refractivity (Wildman–Crippen MR) is 57.3 cm³/mol. The third-order valence-electron chi connectivity index (χ3n) is 2.07. The molecule has 0 aliphatic rings. The van der Waals surface area contributed by atoms with Gasteiger partial charge in [-0.25, -0.2) is 14.5 Å². The van der Waals surface area contributed by atoms with Crippen LogP contribution in [0.25, 0.3) is 5.69 Å². The van der Waals surface area contributed by atoms with Crippen LogP contribution >= 0.6 is 0 Å². The lowest BCUT2D eigenvalue weighted by atomic mass is 10.3. The van der Waals surface area contributed by atoms with E-state index in [1.54, 1.807) is 13.0 Å². The van der Waals surface area contributed by atoms with E-state index in [1.165, 1.54) is 29.3 Å². The predicted octanol–water partition coefficient (Wildman–Crippen LogP) is 1.58. The highest BCUT2D eigenvalue weighted by atomic mass is 19.1. The van der Waals surface area contributed by atoms with E-state index in [0.717, 1.165) is 0 Å². The molecule has 88 valence electrons. The fourth-order valence-corrected chi connectivity index (χ4v) is 1.32. The molecule has 0 N–H and O–H groups in total. The molecule has 2 aromatic heterocycles. The molecule has 0 radical (unpaired) electrons. The highest BCUT2D eigenvalue weighted by molar-refractivity contribution is 5.88. The summed E-state index contributed by atoms with van der Waals surface area (Å²) in [4.78, 5) is 14.8. The first-order valence-electron chi connectivity index (χ1n) is 5.04. The molecule has 17 heavy (non-hydrogen) atoms. The van der Waals surface area contributed by atoms with Gasteiger partial charge in [0.05, 0.1) is 24.1 Å². The van der Waals surface area contributed by atoms with Crippen LogP contribution < -0.4 is 0 Å². The standard InChI is InChI=1S/C11H10FN3O2/c1-2-17-11(16)8-6-14-15(7-8)9-3-4-13-10(12)5-9/h3-7H,2H2,1H3. The minimum absolute atomic E-state index is 0.300. The SMILES string of the molecule is CCOC(=O)c1cnn(-c2ccnc(F)c2)c1. The van der Waals surface area contributed by atoms with Crippen molar-refractivity contribution < 1.29 is 13.9 Å². The van der Waals surface area contributed by atoms with Crippen molar-refractivity contribution in [1.29, 1.82) is 0 Å². The van der Waals surface area contributed by atoms with Gasteiger partial charge >= 0.3 is 5.97 Å². The second kappa shape index (κ2) is 4.73. The zero-order valence-corrected chi connectivity index (χ0v) is 9.13. The number of hydrogen-bond donors (Lipinski definition) is 0. The molecule has 0 saturated carbocycles. The van der Waals surface area contributed by atoms with E-state index in [9.17, 15) is 9.18 Å². The molecule has 0 spiro atoms. The fraction of sp³-hybridized carbons (Fsp3) is 0.182. The lowest BCUT2D eigenvalue weighted by molar-refractivity contribution is 0.0526. The highest BCUT2D eigenvalue weighted by Gasteiger charge is 2.10. The Labute approximate surface area is 96.9 Å². The van der Waals surface area contributed by atoms with Crippen LogP contribution in [0.3, 0.4) is 0 Å². The van der Waals surface area contributed by atoms with Gasteiger partial charge in [0.25, 0.3) is 0 Å². The molecule has 0 saturated heterocycles. The molecule has 0 aliphatic heterocycles. The van der Waals surface area contributed by atoms with E-state index in [-0.39, 0.29) is 0 Å². The van der Waals surface area contributed by atoms with Crippen LogP contribution in [0.2, 0.25) is 0 Å². The molecule has 2 rings (SSSR count). The Morgan fingerprint density at radius 3 is 3.12 bits per heavy atom. The Morgan fingerprint density at radius 2 is 2.41 bits per heavy atom. The summed E-state index contributed by atoms with van der Waals surface area (Å²) < 4.78 is 19.1. The van der Waals surface area contributed by atoms with Gasteiger partial charge in [0.15, 0.2) is 0 Å². The lowest BCUT2D eigenvalue weighted by Crippen LogP contribution is -2.03. The monoisotopic (exact) mass is 235 g/mol. The van der Waals surface area contributed by atoms with Crippen LogP contribution in [-0.4, -0.2) is 27.3 Å². The summed E-state index contributed by atoms with van der Waals surface area (Å²) in [6, 6.07) is 2.81. The van der Waals surface area contributed by atoms with Crippen molar-refractivity contribution >= 4 is 5.97 Å². The topological polar surface area (TPSA) is 57.0 Å². The van der Waals surface area contributed by atoms with Crippen molar-refractivity contribution in [1.82, 2.24) is 14.8 Å². The molecule has 0 aromatic carbocycles. The molecule has 0 atom stereocenters. The molecule has 0 fully saturated rings. The maximum Gasteiger partial charge on any atom is 0.341 e. The molecule has 0 aliphatic carbocycles. The number of carbonyl (C=O) groups excluding carboxylic acids is 1. The van der Waals surface area contributed by atoms with Gasteiger partial charge in [-0.15, -0.1) is 0 Å². The van der Waals surface area contributed by atoms with Crippen molar-refractivity contribution in [3.63, 3.8) is 0 Å². The average Bonchev–Trinajstić information content (AvgIpc) is 2.78. The van der Waals surface area contributed by atoms with E-state index >= 15 is 0 Å². The number of hydrogen-bond acceptors (Lipinski definition) is 4. The second-order valence-electron chi connectivity index (χ2n) is 3.23. The third-order valence-corrected chi connectivity index (χ3v) is 2.07. The average molecular weight is 235 g/mol. The van der Waals surface area contributed by atoms with Crippen molar-refractivity contribution in [2.45, 2.75) is 6.92 Å². The molecule has 0 unspecified atom stereocenters. The maximum absolute atomic E-state index is 12.9. The first kappa shape index (κ1) is 11.3. The van der Waals surface area contributed by atoms with Gasteiger partial charge in [-0.1, -0.05) is 0 Å². The zero-order valence-electron chi connectivity index (χ0n) is 9.13. The lowest BCUT2D eigenvalue weighted by Gasteiger charge is -2.00. The minimum atomic E-state index is -0.601. The summed E-state index contributed by atoms with van der Waals surface area (Å²) in [6.45, 7) is 2.02. The Hall–Kier alpha value is -2.24. The van der Waals surface area contributed by atoms with Gasteiger partial charge in [0.1, 0.15) is 0 Å². The number of pyridine rings is 1. The number of carbonyl (C=O) groups is 1. The van der Waals surface area contributed by atoms with E-state index in [2.05, 4.69) is 10.1 Å². The normalized spacial score (nSPS) is 10.2. The van der Waals surface area contributed by atoms with Crippen LogP contribution in [0.1, 0.15) is 17.3 Å². The number of nitrogens with zero attached hydrogens (tertiary/aromatic N) is 3. The van der Waals surface area contributed by atoms with Crippen molar-refractivity contribution in [2.75, 3.05) is 6.61 Å². The number of halogens is 1. The van der Waals surface area contributed by atoms with Gasteiger partial charge in [0, 0.05) is 18.5 Å². The number of aromatic nitrogens is 3. The smallest absolute Gasteiger partial charge is 0.341 e. The van der Waals surface area contributed by atoms with Crippen molar-refractivity contribution in [3.05, 3.63) is 42.2 Å². The van der Waals surface area contributed by atoms with Crippen LogP contribution in [0.15, 0.2) is 30.7 Å². The Kier molecular flexibility index (Phi) is 3.13. The van der Waals surface area contributed by atoms with E-state index < -0.39 is 11.9 Å². The molecular weight excluding hydrogens is 225 g/mol. The van der Waals surface area contributed by atoms with Gasteiger partial charge in [-0.3, -0.25) is 0 Å². The largest absolute Gasteiger partial charge is 0.462 e. The summed E-state index contributed by atoms with van der Waals surface area (Å²) in [5.41, 5.74) is 0.817. The van der Waals surface area contributed by atoms with Crippen LogP contribution in [0.4, 0.5) is 4.39 Å². The number of rotatable bonds is 3. The Balaban J connectivity index is 2.27. The molecule has 0 bridgehead atoms. The first-order chi connectivity index (χ1) is 8.20. The summed E-state index contributed by atoms with van der Waals surface area (Å²) in [5, 5.41) is 3.95. The Bertz CT molecular complexity index is 539. The van der Waals surface area contributed by atoms with Crippen LogP contribution in [0, 0.1) is 5.95 Å². The summed E-state index contributed by atoms with van der Waals surface area (Å²) in [6.07, 6.45) is 4.18. The molecule has 5 nitrogen and oxygen atoms in total. The van der Waals surface area contributed by atoms with Crippen molar-refractivity contribution in [2.24, 2.45) is 0 Å². The summed E-state index contributed by atoms with van der Waals surface area (Å²) in [5.74, 6) is -1.05. The van der Waals surface area contributed by atoms with E-state index in [4.69, 9.17) is 4.74 Å². The second-order valence-corrected chi connectivity index (χ2v) is 3.23.